The summed E-state index contributed by atoms with van der Waals surface area (Å²) in [4.78, 5) is 7.24. The van der Waals surface area contributed by atoms with Crippen LogP contribution in [0, 0.1) is 6.92 Å². The van der Waals surface area contributed by atoms with Crippen molar-refractivity contribution in [1.82, 2.24) is 4.98 Å². The summed E-state index contributed by atoms with van der Waals surface area (Å²) < 4.78 is 1.14. The minimum atomic E-state index is -0.0395. The molecule has 0 radical (unpaired) electrons. The second-order valence-corrected chi connectivity index (χ2v) is 8.28. The first-order valence-electron chi connectivity index (χ1n) is 5.38. The van der Waals surface area contributed by atoms with Crippen molar-refractivity contribution in [2.24, 2.45) is 5.73 Å². The van der Waals surface area contributed by atoms with Gasteiger partial charge in [0.2, 0.25) is 0 Å². The molecule has 2 aromatic heterocycles. The molecule has 5 heteroatoms. The van der Waals surface area contributed by atoms with Crippen LogP contribution in [0.25, 0.3) is 10.6 Å². The van der Waals surface area contributed by atoms with E-state index in [2.05, 4.69) is 48.8 Å². The molecule has 0 unspecified atom stereocenters. The van der Waals surface area contributed by atoms with Gasteiger partial charge in [-0.05, 0) is 35.0 Å². The number of thiazole rings is 1. The highest BCUT2D eigenvalue weighted by Crippen LogP contribution is 2.37. The van der Waals surface area contributed by atoms with E-state index in [1.54, 1.807) is 22.7 Å². The molecule has 0 atom stereocenters. The molecule has 92 valence electrons. The van der Waals surface area contributed by atoms with Crippen molar-refractivity contribution in [3.05, 3.63) is 25.8 Å². The summed E-state index contributed by atoms with van der Waals surface area (Å²) in [7, 11) is 0. The van der Waals surface area contributed by atoms with E-state index in [9.17, 15) is 0 Å². The summed E-state index contributed by atoms with van der Waals surface area (Å²) in [5, 5.41) is 1.12. The normalized spacial score (nSPS) is 12.1. The van der Waals surface area contributed by atoms with Gasteiger partial charge >= 0.3 is 0 Å². The fourth-order valence-corrected chi connectivity index (χ4v) is 3.98. The van der Waals surface area contributed by atoms with Crippen LogP contribution in [-0.4, -0.2) is 11.5 Å². The second kappa shape index (κ2) is 4.80. The number of aryl methyl sites for hydroxylation is 1. The molecule has 0 spiro atoms. The van der Waals surface area contributed by atoms with Gasteiger partial charge in [-0.1, -0.05) is 13.8 Å². The fourth-order valence-electron chi connectivity index (χ4n) is 1.44. The molecule has 2 nitrogen and oxygen atoms in total. The van der Waals surface area contributed by atoms with E-state index in [-0.39, 0.29) is 5.41 Å². The number of hydrogen-bond acceptors (Lipinski definition) is 4. The van der Waals surface area contributed by atoms with Crippen LogP contribution in [0.15, 0.2) is 15.9 Å². The molecule has 0 saturated heterocycles. The van der Waals surface area contributed by atoms with Crippen LogP contribution in [0.3, 0.4) is 0 Å². The maximum Gasteiger partial charge on any atom is 0.100 e. The van der Waals surface area contributed by atoms with Crippen LogP contribution in [0.5, 0.6) is 0 Å². The Morgan fingerprint density at radius 1 is 1.35 bits per heavy atom. The van der Waals surface area contributed by atoms with Crippen molar-refractivity contribution in [1.29, 1.82) is 0 Å². The van der Waals surface area contributed by atoms with Crippen molar-refractivity contribution in [2.45, 2.75) is 26.2 Å². The molecule has 0 aliphatic rings. The minimum absolute atomic E-state index is 0.0395. The van der Waals surface area contributed by atoms with Crippen LogP contribution in [0.4, 0.5) is 0 Å². The van der Waals surface area contributed by atoms with Crippen molar-refractivity contribution < 1.29 is 0 Å². The van der Waals surface area contributed by atoms with Gasteiger partial charge in [0.1, 0.15) is 5.01 Å². The van der Waals surface area contributed by atoms with E-state index >= 15 is 0 Å². The second-order valence-electron chi connectivity index (χ2n) is 4.62. The molecule has 2 rings (SSSR count). The summed E-state index contributed by atoms with van der Waals surface area (Å²) in [5.74, 6) is 0. The minimum Gasteiger partial charge on any atom is -0.330 e. The molecule has 2 N–H and O–H groups in total. The quantitative estimate of drug-likeness (QED) is 0.916. The average molecular weight is 331 g/mol. The van der Waals surface area contributed by atoms with E-state index in [1.807, 2.05) is 0 Å². The smallest absolute Gasteiger partial charge is 0.100 e. The van der Waals surface area contributed by atoms with Crippen LogP contribution in [0.1, 0.15) is 23.7 Å². The molecule has 0 saturated carbocycles. The van der Waals surface area contributed by atoms with Gasteiger partial charge in [0.25, 0.3) is 0 Å². The van der Waals surface area contributed by atoms with Gasteiger partial charge in [-0.2, -0.15) is 0 Å². The van der Waals surface area contributed by atoms with Crippen molar-refractivity contribution in [3.63, 3.8) is 0 Å². The van der Waals surface area contributed by atoms with Crippen LogP contribution in [0.2, 0.25) is 0 Å². The zero-order valence-corrected chi connectivity index (χ0v) is 13.3. The Bertz CT molecular complexity index is 528. The first-order chi connectivity index (χ1) is 7.94. The highest BCUT2D eigenvalue weighted by molar-refractivity contribution is 9.11. The highest BCUT2D eigenvalue weighted by Gasteiger charge is 2.24. The molecular formula is C12H15BrN2S2. The van der Waals surface area contributed by atoms with E-state index in [4.69, 9.17) is 10.7 Å². The van der Waals surface area contributed by atoms with Crippen molar-refractivity contribution >= 4 is 38.6 Å². The van der Waals surface area contributed by atoms with E-state index in [1.165, 1.54) is 9.75 Å². The number of thiophene rings is 1. The first kappa shape index (κ1) is 13.2. The molecule has 0 bridgehead atoms. The number of rotatable bonds is 3. The molecule has 0 aliphatic heterocycles. The van der Waals surface area contributed by atoms with E-state index in [0.29, 0.717) is 6.54 Å². The number of nitrogens with zero attached hydrogens (tertiary/aromatic N) is 1. The molecule has 2 aromatic rings. The van der Waals surface area contributed by atoms with Crippen LogP contribution < -0.4 is 5.73 Å². The lowest BCUT2D eigenvalue weighted by Crippen LogP contribution is -2.27. The maximum atomic E-state index is 5.80. The zero-order chi connectivity index (χ0) is 12.6. The lowest BCUT2D eigenvalue weighted by atomic mass is 9.95. The third-order valence-electron chi connectivity index (χ3n) is 2.69. The molecule has 0 amide bonds. The van der Waals surface area contributed by atoms with Crippen molar-refractivity contribution in [3.8, 4) is 10.6 Å². The predicted molar refractivity (Wildman–Crippen MR) is 79.9 cm³/mol. The predicted octanol–water partition coefficient (Wildman–Crippen LogP) is 4.18. The topological polar surface area (TPSA) is 38.9 Å². The summed E-state index contributed by atoms with van der Waals surface area (Å²) in [6.07, 6.45) is 0. The Hall–Kier alpha value is -0.230. The summed E-state index contributed by atoms with van der Waals surface area (Å²) >= 11 is 6.95. The Labute approximate surface area is 118 Å². The lowest BCUT2D eigenvalue weighted by molar-refractivity contribution is 0.536. The van der Waals surface area contributed by atoms with Gasteiger partial charge < -0.3 is 5.73 Å². The standard InChI is InChI=1S/C12H15BrN2S2/c1-7-10(8-4-5-9(13)17-8)15-11(16-7)12(2,3)6-14/h4-5H,6,14H2,1-3H3. The molecular weight excluding hydrogens is 316 g/mol. The summed E-state index contributed by atoms with van der Waals surface area (Å²) in [5.41, 5.74) is 6.86. The Kier molecular flexibility index (Phi) is 3.73. The Balaban J connectivity index is 2.44. The van der Waals surface area contributed by atoms with Gasteiger partial charge in [-0.3, -0.25) is 0 Å². The van der Waals surface area contributed by atoms with Crippen molar-refractivity contribution in [2.75, 3.05) is 6.54 Å². The van der Waals surface area contributed by atoms with Gasteiger partial charge in [0.05, 0.1) is 14.4 Å². The third-order valence-corrected chi connectivity index (χ3v) is 5.66. The van der Waals surface area contributed by atoms with Gasteiger partial charge in [-0.25, -0.2) is 4.98 Å². The molecule has 0 aliphatic carbocycles. The Morgan fingerprint density at radius 3 is 2.59 bits per heavy atom. The lowest BCUT2D eigenvalue weighted by Gasteiger charge is -2.18. The number of nitrogens with two attached hydrogens (primary N) is 1. The Morgan fingerprint density at radius 2 is 2.06 bits per heavy atom. The van der Waals surface area contributed by atoms with E-state index in [0.717, 1.165) is 14.5 Å². The number of hydrogen-bond donors (Lipinski definition) is 1. The fraction of sp³-hybridized carbons (Fsp3) is 0.417. The summed E-state index contributed by atoms with van der Waals surface area (Å²) in [6.45, 7) is 7.02. The van der Waals surface area contributed by atoms with Gasteiger partial charge in [0.15, 0.2) is 0 Å². The van der Waals surface area contributed by atoms with Crippen LogP contribution in [-0.2, 0) is 5.41 Å². The first-order valence-corrected chi connectivity index (χ1v) is 7.80. The monoisotopic (exact) mass is 330 g/mol. The van der Waals surface area contributed by atoms with E-state index < -0.39 is 0 Å². The van der Waals surface area contributed by atoms with Gasteiger partial charge in [0, 0.05) is 16.8 Å². The molecule has 0 aromatic carbocycles. The molecule has 17 heavy (non-hydrogen) atoms. The molecule has 0 fully saturated rings. The average Bonchev–Trinajstić information content (AvgIpc) is 2.85. The zero-order valence-electron chi connectivity index (χ0n) is 10.1. The van der Waals surface area contributed by atoms with Crippen LogP contribution >= 0.6 is 38.6 Å². The SMILES string of the molecule is Cc1sc(C(C)(C)CN)nc1-c1ccc(Br)s1. The number of halogens is 1. The van der Waals surface area contributed by atoms with Gasteiger partial charge in [-0.15, -0.1) is 22.7 Å². The molecule has 2 heterocycles. The maximum absolute atomic E-state index is 5.80. The largest absolute Gasteiger partial charge is 0.330 e. The third kappa shape index (κ3) is 2.62. The summed E-state index contributed by atoms with van der Waals surface area (Å²) in [6, 6.07) is 4.17. The number of aromatic nitrogens is 1. The highest BCUT2D eigenvalue weighted by atomic mass is 79.9.